The molecule has 24 heavy (non-hydrogen) atoms. The molecule has 130 valence electrons. The van der Waals surface area contributed by atoms with Crippen molar-refractivity contribution in [2.45, 2.75) is 25.8 Å². The van der Waals surface area contributed by atoms with Crippen LogP contribution in [0.3, 0.4) is 0 Å². The van der Waals surface area contributed by atoms with E-state index < -0.39 is 11.4 Å². The van der Waals surface area contributed by atoms with Gasteiger partial charge in [0.05, 0.1) is 11.1 Å². The summed E-state index contributed by atoms with van der Waals surface area (Å²) in [5, 5.41) is 3.83. The van der Waals surface area contributed by atoms with Crippen molar-refractivity contribution in [1.82, 2.24) is 15.2 Å². The molecule has 1 fully saturated rings. The lowest BCUT2D eigenvalue weighted by atomic mass is 10.1. The van der Waals surface area contributed by atoms with Crippen LogP contribution in [0.5, 0.6) is 0 Å². The van der Waals surface area contributed by atoms with E-state index in [1.54, 1.807) is 6.07 Å². The van der Waals surface area contributed by atoms with E-state index in [9.17, 15) is 14.0 Å². The fourth-order valence-electron chi connectivity index (χ4n) is 3.16. The lowest BCUT2D eigenvalue weighted by Crippen LogP contribution is -2.42. The third-order valence-corrected chi connectivity index (χ3v) is 4.24. The Balaban J connectivity index is 0.00000208. The Morgan fingerprint density at radius 3 is 2.83 bits per heavy atom. The van der Waals surface area contributed by atoms with Gasteiger partial charge in [-0.3, -0.25) is 9.59 Å². The molecule has 1 aromatic carbocycles. The van der Waals surface area contributed by atoms with Gasteiger partial charge in [-0.15, -0.1) is 12.4 Å². The van der Waals surface area contributed by atoms with Gasteiger partial charge in [-0.1, -0.05) is 6.92 Å². The number of amides is 1. The van der Waals surface area contributed by atoms with Crippen LogP contribution in [-0.2, 0) is 0 Å². The van der Waals surface area contributed by atoms with E-state index in [2.05, 4.69) is 10.3 Å². The first-order valence-corrected chi connectivity index (χ1v) is 7.94. The Hall–Kier alpha value is -1.92. The maximum absolute atomic E-state index is 13.4. The number of hydrogen-bond acceptors (Lipinski definition) is 3. The second-order valence-electron chi connectivity index (χ2n) is 5.88. The smallest absolute Gasteiger partial charge is 0.255 e. The maximum atomic E-state index is 13.4. The van der Waals surface area contributed by atoms with Crippen LogP contribution < -0.4 is 10.9 Å². The third-order valence-electron chi connectivity index (χ3n) is 4.24. The second kappa shape index (κ2) is 7.77. The summed E-state index contributed by atoms with van der Waals surface area (Å²) in [5.41, 5.74) is 0.290. The molecule has 0 bridgehead atoms. The Morgan fingerprint density at radius 1 is 1.38 bits per heavy atom. The van der Waals surface area contributed by atoms with Crippen molar-refractivity contribution in [3.8, 4) is 0 Å². The van der Waals surface area contributed by atoms with Crippen LogP contribution in [-0.4, -0.2) is 41.5 Å². The Morgan fingerprint density at radius 2 is 2.17 bits per heavy atom. The largest absolute Gasteiger partial charge is 0.334 e. The average Bonchev–Trinajstić information content (AvgIpc) is 3.04. The number of hydrogen-bond donors (Lipinski definition) is 2. The van der Waals surface area contributed by atoms with Gasteiger partial charge in [-0.25, -0.2) is 4.39 Å². The molecule has 2 heterocycles. The lowest BCUT2D eigenvalue weighted by Gasteiger charge is -2.28. The predicted octanol–water partition coefficient (Wildman–Crippen LogP) is 2.30. The second-order valence-corrected chi connectivity index (χ2v) is 5.88. The van der Waals surface area contributed by atoms with Gasteiger partial charge in [-0.2, -0.15) is 0 Å². The summed E-state index contributed by atoms with van der Waals surface area (Å²) in [5.74, 6) is -0.605. The van der Waals surface area contributed by atoms with Gasteiger partial charge in [0.25, 0.3) is 5.91 Å². The monoisotopic (exact) mass is 353 g/mol. The van der Waals surface area contributed by atoms with Crippen molar-refractivity contribution in [2.75, 3.05) is 19.6 Å². The first-order chi connectivity index (χ1) is 11.1. The van der Waals surface area contributed by atoms with E-state index in [1.165, 1.54) is 18.2 Å². The summed E-state index contributed by atoms with van der Waals surface area (Å²) in [4.78, 5) is 29.3. The summed E-state index contributed by atoms with van der Waals surface area (Å²) >= 11 is 0. The fourth-order valence-corrected chi connectivity index (χ4v) is 3.16. The molecular weight excluding hydrogens is 333 g/mol. The molecule has 2 aromatic rings. The Kier molecular flexibility index (Phi) is 5.96. The van der Waals surface area contributed by atoms with E-state index in [0.717, 1.165) is 25.9 Å². The minimum Gasteiger partial charge on any atom is -0.334 e. The zero-order chi connectivity index (χ0) is 16.4. The van der Waals surface area contributed by atoms with Gasteiger partial charge >= 0.3 is 0 Å². The minimum atomic E-state index is -0.442. The van der Waals surface area contributed by atoms with Gasteiger partial charge in [0.1, 0.15) is 5.82 Å². The average molecular weight is 354 g/mol. The first-order valence-electron chi connectivity index (χ1n) is 7.94. The van der Waals surface area contributed by atoms with Crippen molar-refractivity contribution < 1.29 is 9.18 Å². The molecule has 0 radical (unpaired) electrons. The molecule has 5 nitrogen and oxygen atoms in total. The maximum Gasteiger partial charge on any atom is 0.255 e. The Bertz CT molecular complexity index is 787. The van der Waals surface area contributed by atoms with Crippen molar-refractivity contribution in [3.05, 3.63) is 46.0 Å². The lowest BCUT2D eigenvalue weighted by molar-refractivity contribution is 0.0694. The molecule has 7 heteroatoms. The predicted molar refractivity (Wildman–Crippen MR) is 94.4 cm³/mol. The number of nitrogens with zero attached hydrogens (tertiary/aromatic N) is 1. The number of halogens is 2. The van der Waals surface area contributed by atoms with Gasteiger partial charge in [0.2, 0.25) is 5.56 Å². The summed E-state index contributed by atoms with van der Waals surface area (Å²) in [7, 11) is 0. The summed E-state index contributed by atoms with van der Waals surface area (Å²) < 4.78 is 13.4. The molecule has 1 atom stereocenters. The van der Waals surface area contributed by atoms with Gasteiger partial charge in [-0.05, 0) is 37.6 Å². The van der Waals surface area contributed by atoms with Crippen molar-refractivity contribution >= 4 is 29.2 Å². The van der Waals surface area contributed by atoms with Crippen molar-refractivity contribution in [3.63, 3.8) is 0 Å². The number of aromatic nitrogens is 1. The molecule has 2 N–H and O–H groups in total. The Labute approximate surface area is 145 Å². The summed E-state index contributed by atoms with van der Waals surface area (Å²) in [6.07, 6.45) is 1.75. The van der Waals surface area contributed by atoms with Crippen LogP contribution in [0.2, 0.25) is 0 Å². The SMILES string of the molecule is CCCN(C(=O)c1cc(=O)[nH]c2cc(F)ccc12)C1CCNC1.Cl. The molecule has 0 spiro atoms. The fraction of sp³-hybridized carbons (Fsp3) is 0.412. The quantitative estimate of drug-likeness (QED) is 0.886. The molecule has 1 saturated heterocycles. The van der Waals surface area contributed by atoms with Crippen molar-refractivity contribution in [1.29, 1.82) is 0 Å². The highest BCUT2D eigenvalue weighted by Gasteiger charge is 2.27. The number of aromatic amines is 1. The number of H-pyrrole nitrogens is 1. The number of carbonyl (C=O) groups is 1. The molecular formula is C17H21ClFN3O2. The van der Waals surface area contributed by atoms with Crippen LogP contribution in [0.4, 0.5) is 4.39 Å². The highest BCUT2D eigenvalue weighted by atomic mass is 35.5. The van der Waals surface area contributed by atoms with Gasteiger partial charge < -0.3 is 15.2 Å². The first kappa shape index (κ1) is 18.4. The highest BCUT2D eigenvalue weighted by Crippen LogP contribution is 2.20. The number of nitrogens with one attached hydrogen (secondary N) is 2. The molecule has 1 aliphatic heterocycles. The number of rotatable bonds is 4. The van der Waals surface area contributed by atoms with Crippen LogP contribution in [0.1, 0.15) is 30.1 Å². The molecule has 1 aromatic heterocycles. The standard InChI is InChI=1S/C17H20FN3O2.ClH/c1-2-7-21(12-5-6-19-10-12)17(23)14-9-16(22)20-15-8-11(18)3-4-13(14)15;/h3-4,8-9,12,19H,2,5-7,10H2,1H3,(H,20,22);1H. The third kappa shape index (κ3) is 3.60. The molecule has 0 aliphatic carbocycles. The topological polar surface area (TPSA) is 65.2 Å². The summed E-state index contributed by atoms with van der Waals surface area (Å²) in [6, 6.07) is 5.55. The zero-order valence-corrected chi connectivity index (χ0v) is 14.3. The van der Waals surface area contributed by atoms with Crippen LogP contribution in [0.25, 0.3) is 10.9 Å². The van der Waals surface area contributed by atoms with E-state index in [4.69, 9.17) is 0 Å². The molecule has 3 rings (SSSR count). The van der Waals surface area contributed by atoms with Gasteiger partial charge in [0.15, 0.2) is 0 Å². The summed E-state index contributed by atoms with van der Waals surface area (Å²) in [6.45, 7) is 4.32. The van der Waals surface area contributed by atoms with Crippen LogP contribution in [0, 0.1) is 5.82 Å². The van der Waals surface area contributed by atoms with Crippen LogP contribution in [0.15, 0.2) is 29.1 Å². The molecule has 1 unspecified atom stereocenters. The van der Waals surface area contributed by atoms with Crippen LogP contribution >= 0.6 is 12.4 Å². The highest BCUT2D eigenvalue weighted by molar-refractivity contribution is 6.06. The van der Waals surface area contributed by atoms with Crippen molar-refractivity contribution in [2.24, 2.45) is 0 Å². The number of carbonyl (C=O) groups excluding carboxylic acids is 1. The number of fused-ring (bicyclic) bond motifs is 1. The zero-order valence-electron chi connectivity index (χ0n) is 13.5. The van der Waals surface area contributed by atoms with Gasteiger partial charge in [0, 0.05) is 30.6 Å². The number of pyridine rings is 1. The minimum absolute atomic E-state index is 0. The van der Waals surface area contributed by atoms with E-state index in [1.807, 2.05) is 11.8 Å². The molecule has 0 saturated carbocycles. The van der Waals surface area contributed by atoms with E-state index >= 15 is 0 Å². The number of benzene rings is 1. The molecule has 1 aliphatic rings. The van der Waals surface area contributed by atoms with E-state index in [0.29, 0.717) is 23.0 Å². The molecule has 1 amide bonds. The normalized spacial score (nSPS) is 16.8. The van der Waals surface area contributed by atoms with E-state index in [-0.39, 0.29) is 24.4 Å².